The molecule has 0 spiro atoms. The van der Waals surface area contributed by atoms with Gasteiger partial charge in [-0.25, -0.2) is 0 Å². The third kappa shape index (κ3) is 5.87. The molecule has 2 unspecified atom stereocenters. The molecule has 5 N–H and O–H groups in total. The summed E-state index contributed by atoms with van der Waals surface area (Å²) in [5, 5.41) is 8.29. The van der Waals surface area contributed by atoms with E-state index in [1.807, 2.05) is 29.4 Å². The minimum absolute atomic E-state index is 0.0152. The minimum atomic E-state index is -0.717. The van der Waals surface area contributed by atoms with Crippen LogP contribution in [0.4, 0.5) is 8.78 Å². The number of H-pyrrole nitrogens is 1. The predicted molar refractivity (Wildman–Crippen MR) is 149 cm³/mol. The number of nitrogens with one attached hydrogen (secondary N) is 1. The summed E-state index contributed by atoms with van der Waals surface area (Å²) < 4.78 is 28.6. The Balaban J connectivity index is 1.72. The van der Waals surface area contributed by atoms with Crippen molar-refractivity contribution in [3.63, 3.8) is 0 Å². The van der Waals surface area contributed by atoms with Crippen molar-refractivity contribution in [1.82, 2.24) is 25.1 Å². The molecule has 1 aromatic carbocycles. The van der Waals surface area contributed by atoms with E-state index in [0.717, 1.165) is 35.4 Å². The summed E-state index contributed by atoms with van der Waals surface area (Å²) in [4.78, 5) is 13.8. The van der Waals surface area contributed by atoms with Gasteiger partial charge >= 0.3 is 223 Å². The van der Waals surface area contributed by atoms with Crippen molar-refractivity contribution >= 4 is 41.5 Å². The third-order valence-electron chi connectivity index (χ3n) is 6.41. The Hall–Kier alpha value is -2.40. The SMILES string of the molecule is CSCCc1nc(-c2nccc(C3(/C(N)=C(C)/C=C(\N)c4c(F)cccc4F)CC3C[Se]SC)n2)n[nH]1. The third-order valence-corrected chi connectivity index (χ3v) is 10.6. The molecular weight excluding hydrogens is 579 g/mol. The number of allylic oxidation sites excluding steroid dienone is 3. The monoisotopic (exact) mass is 609 g/mol. The molecule has 0 amide bonds. The molecule has 7 nitrogen and oxygen atoms in total. The molecular formula is C25H29F2N7S2Se. The topological polar surface area (TPSA) is 119 Å². The Morgan fingerprint density at radius 1 is 1.19 bits per heavy atom. The van der Waals surface area contributed by atoms with Gasteiger partial charge in [0, 0.05) is 0 Å². The molecule has 0 bridgehead atoms. The Bertz CT molecular complexity index is 1310. The molecule has 2 heterocycles. The van der Waals surface area contributed by atoms with Crippen LogP contribution in [0.5, 0.6) is 0 Å². The first-order chi connectivity index (χ1) is 17.8. The van der Waals surface area contributed by atoms with Crippen LogP contribution in [0.25, 0.3) is 17.3 Å². The number of aromatic nitrogens is 5. The number of nitrogens with zero attached hydrogens (tertiary/aromatic N) is 4. The van der Waals surface area contributed by atoms with Crippen LogP contribution in [0.1, 0.15) is 30.4 Å². The van der Waals surface area contributed by atoms with Crippen molar-refractivity contribution in [2.45, 2.75) is 30.5 Å². The molecule has 0 radical (unpaired) electrons. The maximum absolute atomic E-state index is 14.3. The van der Waals surface area contributed by atoms with E-state index in [9.17, 15) is 8.78 Å². The van der Waals surface area contributed by atoms with Gasteiger partial charge in [-0.05, 0) is 6.26 Å². The first-order valence-corrected chi connectivity index (χ1v) is 17.4. The van der Waals surface area contributed by atoms with Gasteiger partial charge in [-0.15, -0.1) is 0 Å². The van der Waals surface area contributed by atoms with Crippen LogP contribution >= 0.6 is 21.9 Å². The normalized spacial score (nSPS) is 20.1. The van der Waals surface area contributed by atoms with E-state index in [2.05, 4.69) is 26.4 Å². The predicted octanol–water partition coefficient (Wildman–Crippen LogP) is 4.34. The Morgan fingerprint density at radius 2 is 1.95 bits per heavy atom. The fourth-order valence-corrected chi connectivity index (χ4v) is 7.82. The molecule has 1 aliphatic carbocycles. The molecule has 1 fully saturated rings. The van der Waals surface area contributed by atoms with E-state index in [-0.39, 0.29) is 11.3 Å². The standard InChI is InChI=1S/C25H29F2N7S2Se/c1-14(11-18(28)21-16(26)5-4-6-17(21)27)22(29)25(12-15(25)13-37-36-3)19-7-9-30-23(31-19)24-32-20(33-34-24)8-10-35-2/h4-7,9,11,15H,8,10,12-13,28-29H2,1-3H3,(H,32,33,34)/b18-11-,22-14-. The number of rotatable bonds is 11. The van der Waals surface area contributed by atoms with E-state index in [4.69, 9.17) is 16.5 Å². The summed E-state index contributed by atoms with van der Waals surface area (Å²) in [7, 11) is 1.84. The average molecular weight is 609 g/mol. The number of hydrogen-bond acceptors (Lipinski definition) is 8. The van der Waals surface area contributed by atoms with Crippen LogP contribution in [0, 0.1) is 17.6 Å². The molecule has 12 heteroatoms. The first-order valence-electron chi connectivity index (χ1n) is 11.6. The molecule has 1 aliphatic rings. The van der Waals surface area contributed by atoms with Gasteiger partial charge in [-0.2, -0.15) is 0 Å². The molecule has 0 saturated heterocycles. The first kappa shape index (κ1) is 27.6. The van der Waals surface area contributed by atoms with Gasteiger partial charge < -0.3 is 0 Å². The van der Waals surface area contributed by atoms with E-state index in [1.54, 1.807) is 24.0 Å². The molecule has 0 aliphatic heterocycles. The van der Waals surface area contributed by atoms with Crippen molar-refractivity contribution in [2.24, 2.45) is 17.4 Å². The maximum atomic E-state index is 14.3. The van der Waals surface area contributed by atoms with Gasteiger partial charge in [0.1, 0.15) is 0 Å². The van der Waals surface area contributed by atoms with Crippen LogP contribution in [0.15, 0.2) is 47.8 Å². The van der Waals surface area contributed by atoms with Crippen LogP contribution in [-0.2, 0) is 11.8 Å². The van der Waals surface area contributed by atoms with E-state index < -0.39 is 17.0 Å². The second-order valence-corrected chi connectivity index (χ2v) is 14.6. The number of nitrogens with two attached hydrogens (primary N) is 2. The Labute approximate surface area is 229 Å². The average Bonchev–Trinajstić information content (AvgIpc) is 3.43. The Morgan fingerprint density at radius 3 is 2.65 bits per heavy atom. The fourth-order valence-electron chi connectivity index (χ4n) is 4.39. The summed E-state index contributed by atoms with van der Waals surface area (Å²) in [6.07, 6.45) is 8.99. The number of hydrogen-bond donors (Lipinski definition) is 3. The van der Waals surface area contributed by atoms with Crippen molar-refractivity contribution in [1.29, 1.82) is 0 Å². The van der Waals surface area contributed by atoms with Gasteiger partial charge in [0.25, 0.3) is 0 Å². The zero-order valence-electron chi connectivity index (χ0n) is 20.8. The summed E-state index contributed by atoms with van der Waals surface area (Å²) >= 11 is 2.14. The van der Waals surface area contributed by atoms with E-state index in [1.165, 1.54) is 18.2 Å². The van der Waals surface area contributed by atoms with E-state index >= 15 is 0 Å². The van der Waals surface area contributed by atoms with Gasteiger partial charge in [0.15, 0.2) is 0 Å². The van der Waals surface area contributed by atoms with Gasteiger partial charge in [-0.3, -0.25) is 0 Å². The quantitative estimate of drug-likeness (QED) is 0.217. The van der Waals surface area contributed by atoms with Crippen molar-refractivity contribution < 1.29 is 8.78 Å². The van der Waals surface area contributed by atoms with Crippen LogP contribution in [-0.4, -0.2) is 57.2 Å². The second-order valence-electron chi connectivity index (χ2n) is 8.73. The summed E-state index contributed by atoms with van der Waals surface area (Å²) in [5.41, 5.74) is 14.2. The van der Waals surface area contributed by atoms with E-state index in [0.29, 0.717) is 42.7 Å². The second kappa shape index (κ2) is 12.0. The molecule has 4 rings (SSSR count). The van der Waals surface area contributed by atoms with Crippen LogP contribution in [0.3, 0.4) is 0 Å². The number of halogens is 2. The summed E-state index contributed by atoms with van der Waals surface area (Å²) in [5.74, 6) is 1.45. The molecule has 196 valence electrons. The molecule has 37 heavy (non-hydrogen) atoms. The van der Waals surface area contributed by atoms with Crippen molar-refractivity contribution in [2.75, 3.05) is 18.3 Å². The van der Waals surface area contributed by atoms with Crippen molar-refractivity contribution in [3.8, 4) is 11.6 Å². The number of benzene rings is 1. The zero-order chi connectivity index (χ0) is 26.6. The molecule has 2 atom stereocenters. The van der Waals surface area contributed by atoms with Gasteiger partial charge in [-0.1, -0.05) is 0 Å². The zero-order valence-corrected chi connectivity index (χ0v) is 24.1. The fraction of sp³-hybridized carbons (Fsp3) is 0.360. The van der Waals surface area contributed by atoms with Crippen LogP contribution in [0.2, 0.25) is 5.32 Å². The molecule has 1 saturated carbocycles. The summed E-state index contributed by atoms with van der Waals surface area (Å²) in [6, 6.07) is 5.55. The number of thioether (sulfide) groups is 1. The van der Waals surface area contributed by atoms with Crippen LogP contribution < -0.4 is 11.5 Å². The molecule has 2 aromatic heterocycles. The number of aryl methyl sites for hydroxylation is 1. The molecule has 3 aromatic rings. The van der Waals surface area contributed by atoms with Crippen molar-refractivity contribution in [3.05, 3.63) is 76.5 Å². The number of aromatic amines is 1. The van der Waals surface area contributed by atoms with Gasteiger partial charge in [0.05, 0.1) is 0 Å². The van der Waals surface area contributed by atoms with Gasteiger partial charge in [0.2, 0.25) is 0 Å². The Kier molecular flexibility index (Phi) is 8.94. The summed E-state index contributed by atoms with van der Waals surface area (Å²) in [6.45, 7) is 1.81.